The SMILES string of the molecule is O=C(Cn1cccc1)N1CCCCC(c2ccccc2)C1. The van der Waals surface area contributed by atoms with Gasteiger partial charge in [0.25, 0.3) is 0 Å². The topological polar surface area (TPSA) is 25.2 Å². The van der Waals surface area contributed by atoms with E-state index >= 15 is 0 Å². The van der Waals surface area contributed by atoms with Crippen LogP contribution in [0.2, 0.25) is 0 Å². The summed E-state index contributed by atoms with van der Waals surface area (Å²) in [6.07, 6.45) is 7.39. The maximum Gasteiger partial charge on any atom is 0.242 e. The molecule has 0 bridgehead atoms. The zero-order chi connectivity index (χ0) is 14.5. The Labute approximate surface area is 126 Å². The van der Waals surface area contributed by atoms with E-state index < -0.39 is 0 Å². The number of rotatable bonds is 3. The third-order valence-corrected chi connectivity index (χ3v) is 4.28. The lowest BCUT2D eigenvalue weighted by Gasteiger charge is -2.25. The Bertz CT molecular complexity index is 562. The van der Waals surface area contributed by atoms with Gasteiger partial charge in [-0.1, -0.05) is 36.8 Å². The number of nitrogens with zero attached hydrogens (tertiary/aromatic N) is 2. The summed E-state index contributed by atoms with van der Waals surface area (Å²) < 4.78 is 1.95. The molecule has 0 saturated carbocycles. The first kappa shape index (κ1) is 13.9. The van der Waals surface area contributed by atoms with Crippen LogP contribution in [-0.2, 0) is 11.3 Å². The van der Waals surface area contributed by atoms with Crippen molar-refractivity contribution in [1.82, 2.24) is 9.47 Å². The van der Waals surface area contributed by atoms with E-state index in [9.17, 15) is 4.79 Å². The molecule has 3 nitrogen and oxygen atoms in total. The van der Waals surface area contributed by atoms with E-state index in [1.54, 1.807) is 0 Å². The monoisotopic (exact) mass is 282 g/mol. The molecule has 110 valence electrons. The number of hydrogen-bond donors (Lipinski definition) is 0. The van der Waals surface area contributed by atoms with Gasteiger partial charge in [0.2, 0.25) is 5.91 Å². The molecule has 21 heavy (non-hydrogen) atoms. The number of carbonyl (C=O) groups is 1. The van der Waals surface area contributed by atoms with Crippen LogP contribution in [0.1, 0.15) is 30.7 Å². The molecule has 2 aromatic rings. The van der Waals surface area contributed by atoms with Crippen molar-refractivity contribution in [2.24, 2.45) is 0 Å². The summed E-state index contributed by atoms with van der Waals surface area (Å²) in [4.78, 5) is 14.5. The lowest BCUT2D eigenvalue weighted by Crippen LogP contribution is -2.36. The average molecular weight is 282 g/mol. The number of amides is 1. The van der Waals surface area contributed by atoms with Gasteiger partial charge in [-0.25, -0.2) is 0 Å². The second-order valence-electron chi connectivity index (χ2n) is 5.80. The van der Waals surface area contributed by atoms with Gasteiger partial charge in [-0.3, -0.25) is 4.79 Å². The summed E-state index contributed by atoms with van der Waals surface area (Å²) in [6, 6.07) is 14.5. The number of aromatic nitrogens is 1. The average Bonchev–Trinajstić information content (AvgIpc) is 2.89. The highest BCUT2D eigenvalue weighted by Gasteiger charge is 2.22. The standard InChI is InChI=1S/C18H22N2O/c21-18(15-19-11-6-7-12-19)20-13-5-4-10-17(14-20)16-8-2-1-3-9-16/h1-3,6-9,11-12,17H,4-5,10,13-15H2. The van der Waals surface area contributed by atoms with Gasteiger partial charge in [0.1, 0.15) is 6.54 Å². The minimum atomic E-state index is 0.231. The molecule has 0 radical (unpaired) electrons. The van der Waals surface area contributed by atoms with Crippen molar-refractivity contribution in [3.05, 3.63) is 60.4 Å². The second-order valence-corrected chi connectivity index (χ2v) is 5.80. The van der Waals surface area contributed by atoms with Gasteiger partial charge in [0.05, 0.1) is 0 Å². The van der Waals surface area contributed by atoms with Crippen LogP contribution in [0.4, 0.5) is 0 Å². The van der Waals surface area contributed by atoms with Crippen LogP contribution in [-0.4, -0.2) is 28.5 Å². The van der Waals surface area contributed by atoms with E-state index in [0.29, 0.717) is 12.5 Å². The van der Waals surface area contributed by atoms with Gasteiger partial charge in [0.15, 0.2) is 0 Å². The summed E-state index contributed by atoms with van der Waals surface area (Å²) in [5.41, 5.74) is 1.36. The summed E-state index contributed by atoms with van der Waals surface area (Å²) in [5.74, 6) is 0.705. The van der Waals surface area contributed by atoms with E-state index in [0.717, 1.165) is 19.5 Å². The van der Waals surface area contributed by atoms with Crippen LogP contribution in [0, 0.1) is 0 Å². The predicted octanol–water partition coefficient (Wildman–Crippen LogP) is 3.28. The highest BCUT2D eigenvalue weighted by atomic mass is 16.2. The Balaban J connectivity index is 1.68. The molecule has 1 aliphatic heterocycles. The number of hydrogen-bond acceptors (Lipinski definition) is 1. The molecule has 0 aliphatic carbocycles. The van der Waals surface area contributed by atoms with Gasteiger partial charge >= 0.3 is 0 Å². The minimum Gasteiger partial charge on any atom is -0.345 e. The lowest BCUT2D eigenvalue weighted by molar-refractivity contribution is -0.131. The van der Waals surface area contributed by atoms with E-state index in [1.165, 1.54) is 18.4 Å². The van der Waals surface area contributed by atoms with Crippen molar-refractivity contribution in [1.29, 1.82) is 0 Å². The Kier molecular flexibility index (Phi) is 4.39. The number of carbonyl (C=O) groups excluding carboxylic acids is 1. The Morgan fingerprint density at radius 1 is 1.05 bits per heavy atom. The van der Waals surface area contributed by atoms with Gasteiger partial charge < -0.3 is 9.47 Å². The molecule has 1 atom stereocenters. The van der Waals surface area contributed by atoms with E-state index in [-0.39, 0.29) is 5.91 Å². The fourth-order valence-corrected chi connectivity index (χ4v) is 3.10. The first-order chi connectivity index (χ1) is 10.3. The summed E-state index contributed by atoms with van der Waals surface area (Å²) >= 11 is 0. The van der Waals surface area contributed by atoms with Crippen molar-refractivity contribution in [2.75, 3.05) is 13.1 Å². The lowest BCUT2D eigenvalue weighted by atomic mass is 9.94. The quantitative estimate of drug-likeness (QED) is 0.848. The molecule has 2 heterocycles. The van der Waals surface area contributed by atoms with Gasteiger partial charge in [-0.05, 0) is 30.5 Å². The second kappa shape index (κ2) is 6.61. The summed E-state index contributed by atoms with van der Waals surface area (Å²) in [6.45, 7) is 2.20. The van der Waals surface area contributed by atoms with Gasteiger partial charge in [0, 0.05) is 31.4 Å². The van der Waals surface area contributed by atoms with Crippen molar-refractivity contribution < 1.29 is 4.79 Å². The zero-order valence-electron chi connectivity index (χ0n) is 12.3. The molecule has 1 saturated heterocycles. The van der Waals surface area contributed by atoms with Crippen molar-refractivity contribution in [2.45, 2.75) is 31.7 Å². The Hall–Kier alpha value is -2.03. The molecule has 1 aliphatic rings. The predicted molar refractivity (Wildman–Crippen MR) is 84.0 cm³/mol. The van der Waals surface area contributed by atoms with E-state index in [4.69, 9.17) is 0 Å². The first-order valence-corrected chi connectivity index (χ1v) is 7.76. The fraction of sp³-hybridized carbons (Fsp3) is 0.389. The minimum absolute atomic E-state index is 0.231. The highest BCUT2D eigenvalue weighted by Crippen LogP contribution is 2.26. The summed E-state index contributed by atoms with van der Waals surface area (Å²) in [7, 11) is 0. The van der Waals surface area contributed by atoms with Crippen LogP contribution < -0.4 is 0 Å². The van der Waals surface area contributed by atoms with Crippen LogP contribution in [0.3, 0.4) is 0 Å². The van der Waals surface area contributed by atoms with Crippen LogP contribution in [0.25, 0.3) is 0 Å². The molecule has 1 unspecified atom stereocenters. The number of benzene rings is 1. The molecule has 1 aromatic carbocycles. The molecule has 3 rings (SSSR count). The normalized spacial score (nSPS) is 19.2. The molecule has 1 fully saturated rings. The summed E-state index contributed by atoms with van der Waals surface area (Å²) in [5, 5.41) is 0. The van der Waals surface area contributed by atoms with Gasteiger partial charge in [-0.15, -0.1) is 0 Å². The van der Waals surface area contributed by atoms with Crippen molar-refractivity contribution in [3.63, 3.8) is 0 Å². The molecule has 1 amide bonds. The number of likely N-dealkylation sites (tertiary alicyclic amines) is 1. The molecule has 1 aromatic heterocycles. The highest BCUT2D eigenvalue weighted by molar-refractivity contribution is 5.76. The largest absolute Gasteiger partial charge is 0.345 e. The van der Waals surface area contributed by atoms with E-state index in [1.807, 2.05) is 34.0 Å². The molecular formula is C18H22N2O. The maximum atomic E-state index is 12.5. The van der Waals surface area contributed by atoms with E-state index in [2.05, 4.69) is 30.3 Å². The Morgan fingerprint density at radius 3 is 2.57 bits per heavy atom. The third kappa shape index (κ3) is 3.54. The third-order valence-electron chi connectivity index (χ3n) is 4.28. The van der Waals surface area contributed by atoms with Crippen molar-refractivity contribution >= 4 is 5.91 Å². The molecule has 0 N–H and O–H groups in total. The van der Waals surface area contributed by atoms with Crippen LogP contribution in [0.15, 0.2) is 54.9 Å². The van der Waals surface area contributed by atoms with Crippen LogP contribution in [0.5, 0.6) is 0 Å². The van der Waals surface area contributed by atoms with Gasteiger partial charge in [-0.2, -0.15) is 0 Å². The fourth-order valence-electron chi connectivity index (χ4n) is 3.10. The zero-order valence-corrected chi connectivity index (χ0v) is 12.3. The molecular weight excluding hydrogens is 260 g/mol. The molecule has 0 spiro atoms. The Morgan fingerprint density at radius 2 is 1.81 bits per heavy atom. The molecule has 3 heteroatoms. The van der Waals surface area contributed by atoms with Crippen LogP contribution >= 0.6 is 0 Å². The first-order valence-electron chi connectivity index (χ1n) is 7.76. The van der Waals surface area contributed by atoms with Crippen molar-refractivity contribution in [3.8, 4) is 0 Å². The smallest absolute Gasteiger partial charge is 0.242 e. The maximum absolute atomic E-state index is 12.5.